The van der Waals surface area contributed by atoms with Crippen molar-refractivity contribution in [3.8, 4) is 0 Å². The highest BCUT2D eigenvalue weighted by Gasteiger charge is 2.30. The van der Waals surface area contributed by atoms with Crippen LogP contribution < -0.4 is 16.1 Å². The zero-order valence-electron chi connectivity index (χ0n) is 24.6. The SMILES string of the molecule is Cc1cc2c(cc1C(=O)O)NC(=O)C2=C(Nc1ccc(C(=O)NOCCN2CCC(N(C)C)CC2)cc1)c1ccccc1. The van der Waals surface area contributed by atoms with Crippen LogP contribution in [0.4, 0.5) is 11.4 Å². The number of fused-ring (bicyclic) bond motifs is 1. The van der Waals surface area contributed by atoms with E-state index in [1.165, 1.54) is 6.07 Å². The van der Waals surface area contributed by atoms with Crippen LogP contribution in [0.3, 0.4) is 0 Å². The van der Waals surface area contributed by atoms with E-state index >= 15 is 0 Å². The van der Waals surface area contributed by atoms with E-state index in [4.69, 9.17) is 4.84 Å². The van der Waals surface area contributed by atoms with E-state index in [-0.39, 0.29) is 17.4 Å². The molecule has 2 aliphatic rings. The Hall–Kier alpha value is -4.51. The lowest BCUT2D eigenvalue weighted by molar-refractivity contribution is -0.110. The molecular weight excluding hydrogens is 546 g/mol. The van der Waals surface area contributed by atoms with E-state index in [2.05, 4.69) is 40.0 Å². The lowest BCUT2D eigenvalue weighted by atomic mass is 9.96. The molecule has 2 aliphatic heterocycles. The summed E-state index contributed by atoms with van der Waals surface area (Å²) in [5.74, 6) is -1.73. The van der Waals surface area contributed by atoms with Gasteiger partial charge in [-0.15, -0.1) is 0 Å². The molecule has 0 unspecified atom stereocenters. The predicted molar refractivity (Wildman–Crippen MR) is 167 cm³/mol. The number of piperidine rings is 1. The number of hydrogen-bond acceptors (Lipinski definition) is 7. The Kier molecular flexibility index (Phi) is 9.20. The number of aryl methyl sites for hydroxylation is 1. The first-order valence-corrected chi connectivity index (χ1v) is 14.4. The number of carboxylic acid groups (broad SMARTS) is 1. The summed E-state index contributed by atoms with van der Waals surface area (Å²) in [6.45, 7) is 4.91. The van der Waals surface area contributed by atoms with Gasteiger partial charge in [-0.05, 0) is 94.5 Å². The van der Waals surface area contributed by atoms with E-state index in [0.29, 0.717) is 52.0 Å². The zero-order chi connectivity index (χ0) is 30.5. The highest BCUT2D eigenvalue weighted by atomic mass is 16.7. The number of anilines is 2. The number of aromatic carboxylic acids is 1. The second-order valence-corrected chi connectivity index (χ2v) is 11.1. The van der Waals surface area contributed by atoms with Crippen LogP contribution in [0.5, 0.6) is 0 Å². The van der Waals surface area contributed by atoms with Crippen molar-refractivity contribution in [2.75, 3.05) is 51.0 Å². The maximum absolute atomic E-state index is 13.2. The van der Waals surface area contributed by atoms with Gasteiger partial charge in [0, 0.05) is 29.4 Å². The molecule has 43 heavy (non-hydrogen) atoms. The van der Waals surface area contributed by atoms with Crippen LogP contribution in [0.1, 0.15) is 50.2 Å². The van der Waals surface area contributed by atoms with Crippen LogP contribution in [-0.4, -0.2) is 79.1 Å². The molecule has 0 spiro atoms. The van der Waals surface area contributed by atoms with Crippen LogP contribution in [0.25, 0.3) is 11.3 Å². The number of nitrogens with one attached hydrogen (secondary N) is 3. The van der Waals surface area contributed by atoms with Crippen molar-refractivity contribution >= 4 is 40.4 Å². The predicted octanol–water partition coefficient (Wildman–Crippen LogP) is 4.31. The molecule has 1 fully saturated rings. The number of likely N-dealkylation sites (tertiary alicyclic amines) is 1. The van der Waals surface area contributed by atoms with E-state index in [0.717, 1.165) is 38.0 Å². The maximum atomic E-state index is 13.2. The lowest BCUT2D eigenvalue weighted by Gasteiger charge is -2.34. The number of nitrogens with zero attached hydrogens (tertiary/aromatic N) is 2. The van der Waals surface area contributed by atoms with Gasteiger partial charge in [-0.1, -0.05) is 30.3 Å². The van der Waals surface area contributed by atoms with Crippen molar-refractivity contribution in [2.45, 2.75) is 25.8 Å². The number of carbonyl (C=O) groups excluding carboxylic acids is 2. The fraction of sp³-hybridized carbons (Fsp3) is 0.303. The fourth-order valence-electron chi connectivity index (χ4n) is 5.55. The molecule has 1 saturated heterocycles. The molecule has 2 amide bonds. The minimum atomic E-state index is -1.05. The molecule has 10 heteroatoms. The summed E-state index contributed by atoms with van der Waals surface area (Å²) >= 11 is 0. The topological polar surface area (TPSA) is 123 Å². The van der Waals surface area contributed by atoms with Gasteiger partial charge in [-0.2, -0.15) is 0 Å². The molecule has 0 radical (unpaired) electrons. The summed E-state index contributed by atoms with van der Waals surface area (Å²) in [5, 5.41) is 15.7. The monoisotopic (exact) mass is 583 g/mol. The Labute approximate surface area is 251 Å². The molecule has 3 aromatic carbocycles. The first-order valence-electron chi connectivity index (χ1n) is 14.4. The van der Waals surface area contributed by atoms with Gasteiger partial charge < -0.3 is 25.5 Å². The molecule has 0 aliphatic carbocycles. The second kappa shape index (κ2) is 13.2. The smallest absolute Gasteiger partial charge is 0.336 e. The van der Waals surface area contributed by atoms with Gasteiger partial charge in [-0.3, -0.25) is 14.4 Å². The third kappa shape index (κ3) is 6.94. The molecule has 3 aromatic rings. The number of hydroxylamine groups is 1. The number of benzene rings is 3. The number of carbonyl (C=O) groups is 3. The van der Waals surface area contributed by atoms with Gasteiger partial charge in [0.1, 0.15) is 0 Å². The second-order valence-electron chi connectivity index (χ2n) is 11.1. The summed E-state index contributed by atoms with van der Waals surface area (Å²) in [4.78, 5) is 47.6. The summed E-state index contributed by atoms with van der Waals surface area (Å²) in [6.07, 6.45) is 2.26. The Balaban J connectivity index is 1.27. The molecule has 0 aromatic heterocycles. The molecule has 4 N–H and O–H groups in total. The van der Waals surface area contributed by atoms with Crippen molar-refractivity contribution in [3.63, 3.8) is 0 Å². The molecular formula is C33H37N5O5. The maximum Gasteiger partial charge on any atom is 0.336 e. The van der Waals surface area contributed by atoms with Crippen LogP contribution in [0.2, 0.25) is 0 Å². The minimum Gasteiger partial charge on any atom is -0.478 e. The molecule has 10 nitrogen and oxygen atoms in total. The van der Waals surface area contributed by atoms with Crippen LogP contribution in [0.15, 0.2) is 66.7 Å². The Morgan fingerprint density at radius 1 is 1.02 bits per heavy atom. The molecule has 2 heterocycles. The standard InChI is InChI=1S/C33H37N5O5/c1-21-19-27-28(20-26(21)33(41)42)35-32(40)29(27)30(22-7-5-4-6-8-22)34-24-11-9-23(10-12-24)31(39)36-43-18-17-38-15-13-25(14-16-38)37(2)3/h4-12,19-20,25,34H,13-18H2,1-3H3,(H,35,40)(H,36,39)(H,41,42). The van der Waals surface area contributed by atoms with Crippen LogP contribution in [0, 0.1) is 6.92 Å². The average molecular weight is 584 g/mol. The van der Waals surface area contributed by atoms with Gasteiger partial charge in [0.2, 0.25) is 0 Å². The summed E-state index contributed by atoms with van der Waals surface area (Å²) in [7, 11) is 4.24. The highest BCUT2D eigenvalue weighted by molar-refractivity contribution is 6.37. The summed E-state index contributed by atoms with van der Waals surface area (Å²) in [6, 6.07) is 20.2. The number of carboxylic acids is 1. The van der Waals surface area contributed by atoms with Gasteiger partial charge in [0.15, 0.2) is 0 Å². The van der Waals surface area contributed by atoms with Crippen LogP contribution in [-0.2, 0) is 9.63 Å². The van der Waals surface area contributed by atoms with Crippen molar-refractivity contribution in [2.24, 2.45) is 0 Å². The average Bonchev–Trinajstić information content (AvgIpc) is 3.32. The number of amides is 2. The first kappa shape index (κ1) is 30.0. The van der Waals surface area contributed by atoms with E-state index < -0.39 is 5.97 Å². The van der Waals surface area contributed by atoms with E-state index in [1.807, 2.05) is 30.3 Å². The van der Waals surface area contributed by atoms with E-state index in [1.54, 1.807) is 37.3 Å². The Morgan fingerprint density at radius 3 is 2.37 bits per heavy atom. The highest BCUT2D eigenvalue weighted by Crippen LogP contribution is 2.39. The van der Waals surface area contributed by atoms with Crippen molar-refractivity contribution < 1.29 is 24.3 Å². The normalized spacial score (nSPS) is 16.5. The molecule has 0 atom stereocenters. The van der Waals surface area contributed by atoms with Gasteiger partial charge >= 0.3 is 5.97 Å². The zero-order valence-corrected chi connectivity index (χ0v) is 24.6. The lowest BCUT2D eigenvalue weighted by Crippen LogP contribution is -2.43. The summed E-state index contributed by atoms with van der Waals surface area (Å²) in [5.41, 5.74) is 7.15. The van der Waals surface area contributed by atoms with Gasteiger partial charge in [0.05, 0.1) is 29.1 Å². The molecule has 5 rings (SSSR count). The summed E-state index contributed by atoms with van der Waals surface area (Å²) < 4.78 is 0. The van der Waals surface area contributed by atoms with Crippen molar-refractivity contribution in [1.29, 1.82) is 0 Å². The molecule has 0 bridgehead atoms. The fourth-order valence-corrected chi connectivity index (χ4v) is 5.55. The van der Waals surface area contributed by atoms with Gasteiger partial charge in [-0.25, -0.2) is 10.3 Å². The molecule has 0 saturated carbocycles. The molecule has 224 valence electrons. The Morgan fingerprint density at radius 2 is 1.72 bits per heavy atom. The van der Waals surface area contributed by atoms with Gasteiger partial charge in [0.25, 0.3) is 11.8 Å². The number of rotatable bonds is 10. The van der Waals surface area contributed by atoms with Crippen LogP contribution >= 0.6 is 0 Å². The largest absolute Gasteiger partial charge is 0.478 e. The van der Waals surface area contributed by atoms with Crippen molar-refractivity contribution in [1.82, 2.24) is 15.3 Å². The quantitative estimate of drug-likeness (QED) is 0.158. The van der Waals surface area contributed by atoms with E-state index in [9.17, 15) is 19.5 Å². The van der Waals surface area contributed by atoms with Crippen molar-refractivity contribution in [3.05, 3.63) is 94.5 Å². The first-order chi connectivity index (χ1) is 20.7. The third-order valence-corrected chi connectivity index (χ3v) is 8.03. The Bertz CT molecular complexity index is 1530. The minimum absolute atomic E-state index is 0.136. The third-order valence-electron chi connectivity index (χ3n) is 8.03. The number of hydrogen-bond donors (Lipinski definition) is 4.